The highest BCUT2D eigenvalue weighted by molar-refractivity contribution is 6.10. The highest BCUT2D eigenvalue weighted by atomic mass is 15.1. The molecule has 292 valence electrons. The van der Waals surface area contributed by atoms with E-state index in [0.29, 0.717) is 0 Å². The second kappa shape index (κ2) is 16.1. The van der Waals surface area contributed by atoms with Crippen molar-refractivity contribution < 1.29 is 0 Å². The van der Waals surface area contributed by atoms with E-state index in [1.54, 1.807) is 0 Å². The first-order chi connectivity index (χ1) is 30.8. The number of para-hydroxylation sites is 4. The summed E-state index contributed by atoms with van der Waals surface area (Å²) in [4.78, 5) is 2.34. The predicted octanol–water partition coefficient (Wildman–Crippen LogP) is 16.6. The van der Waals surface area contributed by atoms with Gasteiger partial charge >= 0.3 is 0 Å². The van der Waals surface area contributed by atoms with Gasteiger partial charge in [-0.05, 0) is 134 Å². The Morgan fingerprint density at radius 2 is 0.694 bits per heavy atom. The fraction of sp³-hybridized carbons (Fsp3) is 0. The predicted molar refractivity (Wildman–Crippen MR) is 263 cm³/mol. The van der Waals surface area contributed by atoms with Gasteiger partial charge < -0.3 is 9.47 Å². The fourth-order valence-electron chi connectivity index (χ4n) is 9.07. The van der Waals surface area contributed by atoms with Crippen LogP contribution in [0.1, 0.15) is 0 Å². The van der Waals surface area contributed by atoms with E-state index in [2.05, 4.69) is 264 Å². The molecule has 11 aromatic rings. The van der Waals surface area contributed by atoms with Crippen LogP contribution in [-0.2, 0) is 0 Å². The largest absolute Gasteiger partial charge is 0.310 e. The van der Waals surface area contributed by atoms with Gasteiger partial charge in [-0.15, -0.1) is 0 Å². The Bertz CT molecular complexity index is 3280. The number of hydrogen-bond donors (Lipinski definition) is 0. The Morgan fingerprint density at radius 1 is 0.242 bits per heavy atom. The van der Waals surface area contributed by atoms with Crippen LogP contribution in [0.5, 0.6) is 0 Å². The molecule has 2 nitrogen and oxygen atoms in total. The van der Waals surface area contributed by atoms with Crippen molar-refractivity contribution >= 4 is 38.9 Å². The van der Waals surface area contributed by atoms with Crippen molar-refractivity contribution in [1.29, 1.82) is 0 Å². The van der Waals surface area contributed by atoms with Crippen molar-refractivity contribution in [2.24, 2.45) is 0 Å². The van der Waals surface area contributed by atoms with Gasteiger partial charge in [-0.3, -0.25) is 0 Å². The van der Waals surface area contributed by atoms with Gasteiger partial charge in [0.2, 0.25) is 0 Å². The van der Waals surface area contributed by atoms with E-state index in [1.807, 2.05) is 0 Å². The number of rotatable bonds is 9. The molecular weight excluding hydrogens is 749 g/mol. The zero-order valence-electron chi connectivity index (χ0n) is 34.1. The Balaban J connectivity index is 1.04. The molecule has 0 fully saturated rings. The van der Waals surface area contributed by atoms with E-state index in [4.69, 9.17) is 0 Å². The highest BCUT2D eigenvalue weighted by Crippen LogP contribution is 2.44. The third kappa shape index (κ3) is 6.84. The van der Waals surface area contributed by atoms with Gasteiger partial charge in [-0.1, -0.05) is 176 Å². The van der Waals surface area contributed by atoms with Crippen LogP contribution < -0.4 is 4.90 Å². The van der Waals surface area contributed by atoms with Crippen LogP contribution in [0.25, 0.3) is 83.1 Å². The molecular formula is C60H42N2. The molecule has 0 aliphatic carbocycles. The van der Waals surface area contributed by atoms with Crippen molar-refractivity contribution in [3.8, 4) is 61.3 Å². The first-order valence-corrected chi connectivity index (χ1v) is 21.3. The average molecular weight is 791 g/mol. The Hall–Kier alpha value is -8.20. The van der Waals surface area contributed by atoms with Crippen LogP contribution in [0.4, 0.5) is 17.1 Å². The van der Waals surface area contributed by atoms with Crippen molar-refractivity contribution in [2.75, 3.05) is 4.90 Å². The number of hydrogen-bond acceptors (Lipinski definition) is 1. The summed E-state index contributed by atoms with van der Waals surface area (Å²) in [5, 5.41) is 2.50. The molecule has 0 bridgehead atoms. The zero-order chi connectivity index (χ0) is 41.2. The Labute approximate surface area is 362 Å². The lowest BCUT2D eigenvalue weighted by Gasteiger charge is -2.27. The molecule has 0 unspecified atom stereocenters. The summed E-state index contributed by atoms with van der Waals surface area (Å²) in [5.74, 6) is 0. The third-order valence-corrected chi connectivity index (χ3v) is 12.0. The van der Waals surface area contributed by atoms with Gasteiger partial charge in [0.15, 0.2) is 0 Å². The molecule has 10 aromatic carbocycles. The van der Waals surface area contributed by atoms with Gasteiger partial charge in [-0.2, -0.15) is 0 Å². The maximum Gasteiger partial charge on any atom is 0.0541 e. The lowest BCUT2D eigenvalue weighted by Crippen LogP contribution is -2.10. The molecule has 0 N–H and O–H groups in total. The quantitative estimate of drug-likeness (QED) is 0.141. The van der Waals surface area contributed by atoms with Gasteiger partial charge in [-0.25, -0.2) is 0 Å². The monoisotopic (exact) mass is 790 g/mol. The molecule has 1 heterocycles. The maximum atomic E-state index is 2.38. The Kier molecular flexibility index (Phi) is 9.57. The van der Waals surface area contributed by atoms with Gasteiger partial charge in [0.25, 0.3) is 0 Å². The number of nitrogens with zero attached hydrogens (tertiary/aromatic N) is 2. The first kappa shape index (κ1) is 36.8. The van der Waals surface area contributed by atoms with Gasteiger partial charge in [0.1, 0.15) is 0 Å². The number of anilines is 3. The molecule has 11 rings (SSSR count). The first-order valence-electron chi connectivity index (χ1n) is 21.3. The molecule has 0 radical (unpaired) electrons. The normalized spacial score (nSPS) is 11.2. The van der Waals surface area contributed by atoms with Gasteiger partial charge in [0.05, 0.1) is 11.0 Å². The average Bonchev–Trinajstić information content (AvgIpc) is 3.69. The molecule has 0 saturated heterocycles. The second-order valence-corrected chi connectivity index (χ2v) is 15.7. The van der Waals surface area contributed by atoms with Crippen molar-refractivity contribution in [1.82, 2.24) is 4.57 Å². The number of fused-ring (bicyclic) bond motifs is 3. The summed E-state index contributed by atoms with van der Waals surface area (Å²) in [6.07, 6.45) is 0. The summed E-state index contributed by atoms with van der Waals surface area (Å²) in [5.41, 5.74) is 18.7. The lowest BCUT2D eigenvalue weighted by molar-refractivity contribution is 1.18. The van der Waals surface area contributed by atoms with Crippen LogP contribution in [0.15, 0.2) is 255 Å². The zero-order valence-corrected chi connectivity index (χ0v) is 34.1. The van der Waals surface area contributed by atoms with Crippen LogP contribution >= 0.6 is 0 Å². The van der Waals surface area contributed by atoms with E-state index in [-0.39, 0.29) is 0 Å². The summed E-state index contributed by atoms with van der Waals surface area (Å²) >= 11 is 0. The molecule has 0 aliphatic heterocycles. The summed E-state index contributed by atoms with van der Waals surface area (Å²) in [7, 11) is 0. The van der Waals surface area contributed by atoms with Crippen molar-refractivity contribution in [3.05, 3.63) is 255 Å². The molecule has 62 heavy (non-hydrogen) atoms. The summed E-state index contributed by atoms with van der Waals surface area (Å²) in [6.45, 7) is 0. The lowest BCUT2D eigenvalue weighted by atomic mass is 9.87. The van der Waals surface area contributed by atoms with Crippen molar-refractivity contribution in [2.45, 2.75) is 0 Å². The number of benzene rings is 10. The minimum Gasteiger partial charge on any atom is -0.310 e. The van der Waals surface area contributed by atoms with E-state index in [0.717, 1.165) is 17.1 Å². The van der Waals surface area contributed by atoms with Crippen LogP contribution in [0.3, 0.4) is 0 Å². The SMILES string of the molecule is c1ccc(-c2cc(-c3cccc(-c4ccc5c(c4)c4ccccc4n5-c4ccccc4)c3)ccc2-c2ccc(N(c3ccccc3)c3ccccc3)cc2-c2ccccc2)cc1. The van der Waals surface area contributed by atoms with E-state index in [9.17, 15) is 0 Å². The maximum absolute atomic E-state index is 2.38. The van der Waals surface area contributed by atoms with E-state index in [1.165, 1.54) is 83.1 Å². The van der Waals surface area contributed by atoms with Crippen molar-refractivity contribution in [3.63, 3.8) is 0 Å². The fourth-order valence-corrected chi connectivity index (χ4v) is 9.07. The molecule has 0 saturated carbocycles. The third-order valence-electron chi connectivity index (χ3n) is 12.0. The molecule has 0 spiro atoms. The highest BCUT2D eigenvalue weighted by Gasteiger charge is 2.19. The minimum absolute atomic E-state index is 1.10. The standard InChI is InChI=1S/C60H42N2/c1-6-19-43(20-7-1)56-40-47(45-23-18-24-46(39-45)48-34-38-60-58(41-48)55-31-16-17-32-59(55)62(60)51-29-14-5-15-30-51)33-36-53(56)54-37-35-52(42-57(54)44-21-8-2-9-22-44)61(49-25-10-3-11-26-49)50-27-12-4-13-28-50/h1-42H. The van der Waals surface area contributed by atoms with Gasteiger partial charge in [0, 0.05) is 33.5 Å². The number of aromatic nitrogens is 1. The molecule has 0 aliphatic rings. The summed E-state index contributed by atoms with van der Waals surface area (Å²) < 4.78 is 2.37. The Morgan fingerprint density at radius 3 is 1.32 bits per heavy atom. The van der Waals surface area contributed by atoms with Crippen LogP contribution in [0, 0.1) is 0 Å². The van der Waals surface area contributed by atoms with Crippen LogP contribution in [-0.4, -0.2) is 4.57 Å². The molecule has 0 atom stereocenters. The molecule has 1 aromatic heterocycles. The summed E-state index contributed by atoms with van der Waals surface area (Å²) in [6, 6.07) is 92.1. The van der Waals surface area contributed by atoms with Crippen LogP contribution in [0.2, 0.25) is 0 Å². The topological polar surface area (TPSA) is 8.17 Å². The van der Waals surface area contributed by atoms with E-state index < -0.39 is 0 Å². The smallest absolute Gasteiger partial charge is 0.0541 e. The molecule has 2 heteroatoms. The minimum atomic E-state index is 1.10. The molecule has 0 amide bonds. The van der Waals surface area contributed by atoms with E-state index >= 15 is 0 Å². The second-order valence-electron chi connectivity index (χ2n) is 15.7.